The van der Waals surface area contributed by atoms with Gasteiger partial charge in [-0.25, -0.2) is 4.98 Å². The topological polar surface area (TPSA) is 22.8 Å². The molecule has 0 amide bonds. The molecule has 0 fully saturated rings. The zero-order valence-electron chi connectivity index (χ0n) is 22.1. The molecule has 8 aromatic rings. The monoisotopic (exact) mass is 589 g/mol. The zero-order valence-corrected chi connectivity index (χ0v) is 23.7. The van der Waals surface area contributed by atoms with Gasteiger partial charge in [-0.1, -0.05) is 107 Å². The summed E-state index contributed by atoms with van der Waals surface area (Å²) in [7, 11) is 0. The van der Waals surface area contributed by atoms with Gasteiger partial charge in [-0.3, -0.25) is 4.57 Å². The van der Waals surface area contributed by atoms with E-state index in [1.807, 2.05) is 12.1 Å². The van der Waals surface area contributed by atoms with Gasteiger partial charge in [0.2, 0.25) is 0 Å². The van der Waals surface area contributed by atoms with Gasteiger partial charge in [0.1, 0.15) is 5.82 Å². The fraction of sp³-hybridized carbons (Fsp3) is 0. The Kier molecular flexibility index (Phi) is 5.61. The summed E-state index contributed by atoms with van der Waals surface area (Å²) in [6, 6.07) is 51.4. The summed E-state index contributed by atoms with van der Waals surface area (Å²) in [6.45, 7) is 0. The van der Waals surface area contributed by atoms with Crippen LogP contribution < -0.4 is 0 Å². The number of hydrogen-bond acceptors (Lipinski definition) is 1. The Hall–Kier alpha value is -4.93. The van der Waals surface area contributed by atoms with Crippen molar-refractivity contribution in [1.29, 1.82) is 0 Å². The molecule has 0 aliphatic rings. The van der Waals surface area contributed by atoms with Crippen molar-refractivity contribution in [3.8, 4) is 33.9 Å². The Bertz CT molecular complexity index is 2170. The van der Waals surface area contributed by atoms with E-state index in [9.17, 15) is 0 Å². The van der Waals surface area contributed by atoms with Crippen LogP contribution in [0.4, 0.5) is 0 Å². The minimum Gasteiger partial charge on any atom is -0.309 e. The lowest BCUT2D eigenvalue weighted by molar-refractivity contribution is 1.10. The zero-order chi connectivity index (χ0) is 27.3. The quantitative estimate of drug-likeness (QED) is 0.200. The van der Waals surface area contributed by atoms with E-state index >= 15 is 0 Å². The van der Waals surface area contributed by atoms with E-state index in [1.54, 1.807) is 0 Å². The largest absolute Gasteiger partial charge is 0.309 e. The highest BCUT2D eigenvalue weighted by atomic mass is 79.9. The molecule has 2 heterocycles. The van der Waals surface area contributed by atoms with Crippen LogP contribution in [0.2, 0.25) is 0 Å². The van der Waals surface area contributed by atoms with Crippen LogP contribution in [0.1, 0.15) is 0 Å². The molecule has 6 aromatic carbocycles. The van der Waals surface area contributed by atoms with Crippen molar-refractivity contribution in [1.82, 2.24) is 14.1 Å². The molecule has 0 unspecified atom stereocenters. The summed E-state index contributed by atoms with van der Waals surface area (Å²) in [5, 5.41) is 2.51. The standard InChI is InChI=1S/C37H24BrN3/c38-28-21-27(23-30(24-28)40-34-18-7-4-15-31(34)32-16-5-8-19-35(32)40)26-13-10-14-29(22-26)41-36-20-9-6-17-33(36)39-37(41)25-11-2-1-3-12-25/h1-24H. The predicted octanol–water partition coefficient (Wildman–Crippen LogP) is 10.2. The molecule has 0 bridgehead atoms. The van der Waals surface area contributed by atoms with Crippen molar-refractivity contribution in [2.24, 2.45) is 0 Å². The molecule has 2 aromatic heterocycles. The third kappa shape index (κ3) is 3.99. The molecule has 0 N–H and O–H groups in total. The first-order valence-corrected chi connectivity index (χ1v) is 14.5. The van der Waals surface area contributed by atoms with E-state index in [4.69, 9.17) is 4.98 Å². The highest BCUT2D eigenvalue weighted by Gasteiger charge is 2.16. The van der Waals surface area contributed by atoms with Crippen LogP contribution in [-0.4, -0.2) is 14.1 Å². The third-order valence-electron chi connectivity index (χ3n) is 7.75. The van der Waals surface area contributed by atoms with Crippen LogP contribution in [0.3, 0.4) is 0 Å². The normalized spacial score (nSPS) is 11.5. The van der Waals surface area contributed by atoms with E-state index in [0.717, 1.165) is 49.4 Å². The van der Waals surface area contributed by atoms with Gasteiger partial charge in [0.25, 0.3) is 0 Å². The number of para-hydroxylation sites is 4. The molecule has 0 atom stereocenters. The summed E-state index contributed by atoms with van der Waals surface area (Å²) in [4.78, 5) is 5.03. The molecule has 4 heteroatoms. The Morgan fingerprint density at radius 2 is 1.05 bits per heavy atom. The van der Waals surface area contributed by atoms with Crippen LogP contribution in [0, 0.1) is 0 Å². The summed E-state index contributed by atoms with van der Waals surface area (Å²) in [5.41, 5.74) is 10.0. The lowest BCUT2D eigenvalue weighted by atomic mass is 10.0. The maximum Gasteiger partial charge on any atom is 0.145 e. The number of rotatable bonds is 4. The van der Waals surface area contributed by atoms with Gasteiger partial charge in [-0.15, -0.1) is 0 Å². The maximum absolute atomic E-state index is 5.03. The van der Waals surface area contributed by atoms with E-state index in [-0.39, 0.29) is 0 Å². The van der Waals surface area contributed by atoms with Crippen LogP contribution >= 0.6 is 15.9 Å². The number of nitrogens with zero attached hydrogens (tertiary/aromatic N) is 3. The first-order valence-electron chi connectivity index (χ1n) is 13.7. The van der Waals surface area contributed by atoms with Gasteiger partial charge in [-0.05, 0) is 65.7 Å². The van der Waals surface area contributed by atoms with E-state index in [0.29, 0.717) is 0 Å². The van der Waals surface area contributed by atoms with E-state index < -0.39 is 0 Å². The molecule has 0 spiro atoms. The average Bonchev–Trinajstić information content (AvgIpc) is 3.58. The van der Waals surface area contributed by atoms with Crippen molar-refractivity contribution in [3.63, 3.8) is 0 Å². The van der Waals surface area contributed by atoms with E-state index in [2.05, 4.69) is 159 Å². The minimum atomic E-state index is 0.934. The fourth-order valence-electron chi connectivity index (χ4n) is 5.96. The first-order chi connectivity index (χ1) is 20.2. The van der Waals surface area contributed by atoms with Crippen LogP contribution in [-0.2, 0) is 0 Å². The molecule has 0 aliphatic carbocycles. The van der Waals surface area contributed by atoms with E-state index in [1.165, 1.54) is 21.8 Å². The maximum atomic E-state index is 5.03. The van der Waals surface area contributed by atoms with Gasteiger partial charge in [0, 0.05) is 32.2 Å². The Morgan fingerprint density at radius 1 is 0.439 bits per heavy atom. The smallest absolute Gasteiger partial charge is 0.145 e. The number of benzene rings is 6. The highest BCUT2D eigenvalue weighted by molar-refractivity contribution is 9.10. The van der Waals surface area contributed by atoms with Crippen LogP contribution in [0.15, 0.2) is 150 Å². The minimum absolute atomic E-state index is 0.934. The predicted molar refractivity (Wildman–Crippen MR) is 174 cm³/mol. The van der Waals surface area contributed by atoms with Crippen molar-refractivity contribution < 1.29 is 0 Å². The summed E-state index contributed by atoms with van der Waals surface area (Å²) >= 11 is 3.83. The summed E-state index contributed by atoms with van der Waals surface area (Å²) in [6.07, 6.45) is 0. The lowest BCUT2D eigenvalue weighted by Gasteiger charge is -2.14. The molecule has 8 rings (SSSR count). The molecule has 0 aliphatic heterocycles. The third-order valence-corrected chi connectivity index (χ3v) is 8.21. The lowest BCUT2D eigenvalue weighted by Crippen LogP contribution is -1.98. The second-order valence-electron chi connectivity index (χ2n) is 10.2. The van der Waals surface area contributed by atoms with Gasteiger partial charge >= 0.3 is 0 Å². The fourth-order valence-corrected chi connectivity index (χ4v) is 6.44. The summed E-state index contributed by atoms with van der Waals surface area (Å²) in [5.74, 6) is 0.934. The SMILES string of the molecule is Brc1cc(-c2cccc(-n3c(-c4ccccc4)nc4ccccc43)c2)cc(-n2c3ccccc3c3ccccc32)c1. The highest BCUT2D eigenvalue weighted by Crippen LogP contribution is 2.36. The van der Waals surface area contributed by atoms with Crippen molar-refractivity contribution in [2.75, 3.05) is 0 Å². The molecule has 41 heavy (non-hydrogen) atoms. The summed E-state index contributed by atoms with van der Waals surface area (Å²) < 4.78 is 5.66. The van der Waals surface area contributed by atoms with Crippen LogP contribution in [0.25, 0.3) is 66.7 Å². The second kappa shape index (κ2) is 9.61. The molecule has 0 radical (unpaired) electrons. The van der Waals surface area contributed by atoms with Crippen molar-refractivity contribution >= 4 is 48.8 Å². The number of halogens is 1. The first kappa shape index (κ1) is 23.9. The van der Waals surface area contributed by atoms with Gasteiger partial charge in [-0.2, -0.15) is 0 Å². The molecular weight excluding hydrogens is 566 g/mol. The van der Waals surface area contributed by atoms with Crippen molar-refractivity contribution in [2.45, 2.75) is 0 Å². The Morgan fingerprint density at radius 3 is 1.80 bits per heavy atom. The molecule has 0 saturated carbocycles. The van der Waals surface area contributed by atoms with Crippen molar-refractivity contribution in [3.05, 3.63) is 150 Å². The number of aromatic nitrogens is 3. The molecule has 0 saturated heterocycles. The van der Waals surface area contributed by atoms with Gasteiger partial charge in [0.15, 0.2) is 0 Å². The Labute approximate surface area is 246 Å². The molecule has 3 nitrogen and oxygen atoms in total. The molecule has 194 valence electrons. The van der Waals surface area contributed by atoms with Crippen LogP contribution in [0.5, 0.6) is 0 Å². The Balaban J connectivity index is 1.32. The van der Waals surface area contributed by atoms with Gasteiger partial charge in [0.05, 0.1) is 22.1 Å². The van der Waals surface area contributed by atoms with Gasteiger partial charge < -0.3 is 4.57 Å². The second-order valence-corrected chi connectivity index (χ2v) is 11.2. The average molecular weight is 591 g/mol. The number of hydrogen-bond donors (Lipinski definition) is 0. The number of fused-ring (bicyclic) bond motifs is 4. The molecular formula is C37H24BrN3. The number of imidazole rings is 1.